The molecule has 2 aromatic carbocycles. The average molecular weight is 448 g/mol. The van der Waals surface area contributed by atoms with Crippen molar-refractivity contribution in [2.75, 3.05) is 38.2 Å². The smallest absolute Gasteiger partial charge is 0.262 e. The molecule has 0 spiro atoms. The standard InChI is InChI=1S/C26H29N3O4/c30-26-18-32-25-7-6-20(17-22(25)28-26)16-19-9-13-29(14-10-19)12-3-15-31-23-5-2-1-4-21(23)24-8-11-27-33-24/h1-2,4-8,11,17,19H,3,9-10,12-16,18H2,(H,28,30). The summed E-state index contributed by atoms with van der Waals surface area (Å²) < 4.78 is 16.8. The summed E-state index contributed by atoms with van der Waals surface area (Å²) >= 11 is 0. The normalized spacial score (nSPS) is 16.7. The van der Waals surface area contributed by atoms with Crippen molar-refractivity contribution < 1.29 is 18.8 Å². The number of anilines is 1. The van der Waals surface area contributed by atoms with Crippen LogP contribution >= 0.6 is 0 Å². The second-order valence-corrected chi connectivity index (χ2v) is 8.73. The zero-order valence-electron chi connectivity index (χ0n) is 18.7. The highest BCUT2D eigenvalue weighted by atomic mass is 16.5. The molecular weight excluding hydrogens is 418 g/mol. The Hall–Kier alpha value is -3.32. The molecule has 33 heavy (non-hydrogen) atoms. The predicted molar refractivity (Wildman–Crippen MR) is 125 cm³/mol. The molecule has 0 atom stereocenters. The third kappa shape index (κ3) is 5.37. The van der Waals surface area contributed by atoms with Gasteiger partial charge in [0, 0.05) is 12.6 Å². The van der Waals surface area contributed by atoms with Crippen molar-refractivity contribution in [2.45, 2.75) is 25.7 Å². The van der Waals surface area contributed by atoms with Crippen molar-refractivity contribution in [1.29, 1.82) is 0 Å². The Bertz CT molecular complexity index is 1070. The summed E-state index contributed by atoms with van der Waals surface area (Å²) in [5.74, 6) is 2.91. The van der Waals surface area contributed by atoms with Crippen LogP contribution in [0.1, 0.15) is 24.8 Å². The Morgan fingerprint density at radius 3 is 2.85 bits per heavy atom. The fourth-order valence-corrected chi connectivity index (χ4v) is 4.63. The average Bonchev–Trinajstić information content (AvgIpc) is 3.38. The maximum Gasteiger partial charge on any atom is 0.262 e. The first-order chi connectivity index (χ1) is 16.2. The first kappa shape index (κ1) is 21.5. The number of hydrogen-bond acceptors (Lipinski definition) is 6. The summed E-state index contributed by atoms with van der Waals surface area (Å²) in [5, 5.41) is 6.70. The summed E-state index contributed by atoms with van der Waals surface area (Å²) in [7, 11) is 0. The van der Waals surface area contributed by atoms with Crippen molar-refractivity contribution >= 4 is 11.6 Å². The number of piperidine rings is 1. The van der Waals surface area contributed by atoms with Crippen LogP contribution in [0, 0.1) is 5.92 Å². The van der Waals surface area contributed by atoms with Crippen molar-refractivity contribution in [3.63, 3.8) is 0 Å². The molecule has 0 unspecified atom stereocenters. The van der Waals surface area contributed by atoms with E-state index in [0.29, 0.717) is 12.5 Å². The van der Waals surface area contributed by atoms with E-state index in [1.54, 1.807) is 6.20 Å². The molecule has 3 aromatic rings. The van der Waals surface area contributed by atoms with Crippen LogP contribution < -0.4 is 14.8 Å². The van der Waals surface area contributed by atoms with Gasteiger partial charge < -0.3 is 24.2 Å². The van der Waals surface area contributed by atoms with Crippen LogP contribution in [0.5, 0.6) is 11.5 Å². The highest BCUT2D eigenvalue weighted by Crippen LogP contribution is 2.31. The van der Waals surface area contributed by atoms with Gasteiger partial charge in [0.2, 0.25) is 0 Å². The van der Waals surface area contributed by atoms with Gasteiger partial charge in [0.1, 0.15) is 11.5 Å². The lowest BCUT2D eigenvalue weighted by atomic mass is 9.90. The molecule has 3 heterocycles. The van der Waals surface area contributed by atoms with E-state index in [0.717, 1.165) is 61.0 Å². The molecule has 0 bridgehead atoms. The van der Waals surface area contributed by atoms with Crippen LogP contribution in [-0.4, -0.2) is 48.8 Å². The van der Waals surface area contributed by atoms with E-state index < -0.39 is 0 Å². The predicted octanol–water partition coefficient (Wildman–Crippen LogP) is 4.40. The van der Waals surface area contributed by atoms with Gasteiger partial charge in [0.15, 0.2) is 12.4 Å². The van der Waals surface area contributed by atoms with E-state index in [2.05, 4.69) is 27.5 Å². The van der Waals surface area contributed by atoms with E-state index in [9.17, 15) is 4.79 Å². The third-order valence-electron chi connectivity index (χ3n) is 6.37. The monoisotopic (exact) mass is 447 g/mol. The number of nitrogens with zero attached hydrogens (tertiary/aromatic N) is 2. The quantitative estimate of drug-likeness (QED) is 0.516. The SMILES string of the molecule is O=C1COc2ccc(CC3CCN(CCCOc4ccccc4-c4ccno4)CC3)cc2N1. The lowest BCUT2D eigenvalue weighted by Crippen LogP contribution is -2.35. The molecule has 2 aliphatic heterocycles. The minimum atomic E-state index is -0.0848. The van der Waals surface area contributed by atoms with E-state index in [1.807, 2.05) is 36.4 Å². The highest BCUT2D eigenvalue weighted by molar-refractivity contribution is 5.95. The molecule has 1 aromatic heterocycles. The largest absolute Gasteiger partial charge is 0.493 e. The van der Waals surface area contributed by atoms with E-state index in [4.69, 9.17) is 14.0 Å². The number of nitrogens with one attached hydrogen (secondary N) is 1. The number of ether oxygens (including phenoxy) is 2. The number of fused-ring (bicyclic) bond motifs is 1. The lowest BCUT2D eigenvalue weighted by Gasteiger charge is -2.32. The van der Waals surface area contributed by atoms with Crippen LogP contribution in [0.25, 0.3) is 11.3 Å². The van der Waals surface area contributed by atoms with E-state index in [1.165, 1.54) is 18.4 Å². The minimum Gasteiger partial charge on any atom is -0.493 e. The Morgan fingerprint density at radius 2 is 2.00 bits per heavy atom. The van der Waals surface area contributed by atoms with Crippen molar-refractivity contribution in [2.24, 2.45) is 5.92 Å². The molecular formula is C26H29N3O4. The molecule has 7 nitrogen and oxygen atoms in total. The molecule has 172 valence electrons. The van der Waals surface area contributed by atoms with Gasteiger partial charge in [-0.05, 0) is 74.5 Å². The molecule has 1 saturated heterocycles. The van der Waals surface area contributed by atoms with Crippen LogP contribution in [0.2, 0.25) is 0 Å². The van der Waals surface area contributed by atoms with Gasteiger partial charge in [-0.1, -0.05) is 23.4 Å². The summed E-state index contributed by atoms with van der Waals surface area (Å²) in [6, 6.07) is 15.9. The Labute approximate surface area is 193 Å². The molecule has 5 rings (SSSR count). The number of carbonyl (C=O) groups is 1. The number of rotatable bonds is 8. The summed E-state index contributed by atoms with van der Waals surface area (Å²) in [6.45, 7) is 4.05. The zero-order chi connectivity index (χ0) is 22.5. The number of aromatic nitrogens is 1. The number of carbonyl (C=O) groups excluding carboxylic acids is 1. The number of benzene rings is 2. The second-order valence-electron chi connectivity index (χ2n) is 8.73. The molecule has 7 heteroatoms. The maximum absolute atomic E-state index is 11.6. The number of hydrogen-bond donors (Lipinski definition) is 1. The number of likely N-dealkylation sites (tertiary alicyclic amines) is 1. The van der Waals surface area contributed by atoms with E-state index >= 15 is 0 Å². The lowest BCUT2D eigenvalue weighted by molar-refractivity contribution is -0.118. The molecule has 0 saturated carbocycles. The molecule has 1 amide bonds. The highest BCUT2D eigenvalue weighted by Gasteiger charge is 2.21. The Balaban J connectivity index is 1.05. The van der Waals surface area contributed by atoms with Gasteiger partial charge in [0.25, 0.3) is 5.91 Å². The Kier molecular flexibility index (Phi) is 6.58. The Morgan fingerprint density at radius 1 is 1.12 bits per heavy atom. The third-order valence-corrected chi connectivity index (χ3v) is 6.37. The molecule has 0 radical (unpaired) electrons. The number of amides is 1. The first-order valence-electron chi connectivity index (χ1n) is 11.7. The first-order valence-corrected chi connectivity index (χ1v) is 11.7. The van der Waals surface area contributed by atoms with Gasteiger partial charge in [0.05, 0.1) is 24.1 Å². The van der Waals surface area contributed by atoms with Gasteiger partial charge in [-0.25, -0.2) is 0 Å². The van der Waals surface area contributed by atoms with Gasteiger partial charge in [-0.15, -0.1) is 0 Å². The van der Waals surface area contributed by atoms with Gasteiger partial charge in [-0.2, -0.15) is 0 Å². The topological polar surface area (TPSA) is 76.8 Å². The zero-order valence-corrected chi connectivity index (χ0v) is 18.7. The second kappa shape index (κ2) is 10.1. The summed E-state index contributed by atoms with van der Waals surface area (Å²) in [5.41, 5.74) is 2.99. The molecule has 1 fully saturated rings. The minimum absolute atomic E-state index is 0.0848. The van der Waals surface area contributed by atoms with Gasteiger partial charge in [-0.3, -0.25) is 4.79 Å². The molecule has 0 aliphatic carbocycles. The number of para-hydroxylation sites is 1. The van der Waals surface area contributed by atoms with E-state index in [-0.39, 0.29) is 12.5 Å². The molecule has 1 N–H and O–H groups in total. The van der Waals surface area contributed by atoms with Crippen LogP contribution in [0.15, 0.2) is 59.3 Å². The van der Waals surface area contributed by atoms with Crippen LogP contribution in [-0.2, 0) is 11.2 Å². The van der Waals surface area contributed by atoms with Crippen LogP contribution in [0.3, 0.4) is 0 Å². The fourth-order valence-electron chi connectivity index (χ4n) is 4.63. The molecule has 2 aliphatic rings. The fraction of sp³-hybridized carbons (Fsp3) is 0.385. The van der Waals surface area contributed by atoms with Crippen molar-refractivity contribution in [3.8, 4) is 22.8 Å². The van der Waals surface area contributed by atoms with Crippen LogP contribution in [0.4, 0.5) is 5.69 Å². The van der Waals surface area contributed by atoms with Crippen molar-refractivity contribution in [3.05, 3.63) is 60.3 Å². The summed E-state index contributed by atoms with van der Waals surface area (Å²) in [4.78, 5) is 14.1. The van der Waals surface area contributed by atoms with Crippen molar-refractivity contribution in [1.82, 2.24) is 10.1 Å². The van der Waals surface area contributed by atoms with Gasteiger partial charge >= 0.3 is 0 Å². The summed E-state index contributed by atoms with van der Waals surface area (Å²) in [6.07, 6.45) is 6.05. The maximum atomic E-state index is 11.6.